The van der Waals surface area contributed by atoms with Crippen LogP contribution < -0.4 is 10.5 Å². The number of aromatic nitrogens is 2. The van der Waals surface area contributed by atoms with Crippen molar-refractivity contribution < 1.29 is 4.74 Å². The van der Waals surface area contributed by atoms with Gasteiger partial charge in [0.05, 0.1) is 0 Å². The Hall–Kier alpha value is -1.76. The summed E-state index contributed by atoms with van der Waals surface area (Å²) in [5, 5.41) is 7.27. The molecule has 1 heterocycles. The summed E-state index contributed by atoms with van der Waals surface area (Å²) in [6, 6.07) is 3.22. The van der Waals surface area contributed by atoms with Crippen LogP contribution >= 0.6 is 0 Å². The fourth-order valence-electron chi connectivity index (χ4n) is 0.608. The van der Waals surface area contributed by atoms with E-state index in [2.05, 4.69) is 16.1 Å². The lowest BCUT2D eigenvalue weighted by atomic mass is 10.4. The third-order valence-corrected chi connectivity index (χ3v) is 1.19. The van der Waals surface area contributed by atoms with E-state index in [-0.39, 0.29) is 6.10 Å². The molecule has 12 heavy (non-hydrogen) atoms. The van der Waals surface area contributed by atoms with Gasteiger partial charge in [0, 0.05) is 6.07 Å². The molecule has 1 unspecified atom stereocenters. The van der Waals surface area contributed by atoms with E-state index in [9.17, 15) is 0 Å². The monoisotopic (exact) mass is 163 g/mol. The van der Waals surface area contributed by atoms with Gasteiger partial charge in [-0.1, -0.05) is 5.92 Å². The second-order valence-corrected chi connectivity index (χ2v) is 2.22. The van der Waals surface area contributed by atoms with Crippen molar-refractivity contribution in [3.05, 3.63) is 12.1 Å². The zero-order chi connectivity index (χ0) is 8.97. The molecule has 0 spiro atoms. The molecule has 4 heteroatoms. The molecule has 0 aromatic carbocycles. The molecule has 2 N–H and O–H groups in total. The molecule has 0 radical (unpaired) electrons. The van der Waals surface area contributed by atoms with Crippen molar-refractivity contribution in [1.29, 1.82) is 0 Å². The normalized spacial score (nSPS) is 11.7. The third kappa shape index (κ3) is 2.13. The van der Waals surface area contributed by atoms with Gasteiger partial charge in [0.25, 0.3) is 0 Å². The fraction of sp³-hybridized carbons (Fsp3) is 0.250. The number of anilines is 1. The van der Waals surface area contributed by atoms with E-state index in [1.807, 2.05) is 0 Å². The maximum atomic E-state index is 5.32. The summed E-state index contributed by atoms with van der Waals surface area (Å²) >= 11 is 0. The van der Waals surface area contributed by atoms with Crippen LogP contribution in [0.1, 0.15) is 6.92 Å². The largest absolute Gasteiger partial charge is 0.460 e. The Bertz CT molecular complexity index is 288. The van der Waals surface area contributed by atoms with E-state index in [1.54, 1.807) is 19.1 Å². The summed E-state index contributed by atoms with van der Waals surface area (Å²) in [7, 11) is 0. The maximum Gasteiger partial charge on any atom is 0.234 e. The highest BCUT2D eigenvalue weighted by molar-refractivity contribution is 5.27. The zero-order valence-electron chi connectivity index (χ0n) is 6.69. The van der Waals surface area contributed by atoms with Crippen molar-refractivity contribution in [3.8, 4) is 18.2 Å². The minimum atomic E-state index is -0.303. The average Bonchev–Trinajstić information content (AvgIpc) is 2.09. The summed E-state index contributed by atoms with van der Waals surface area (Å²) in [5.74, 6) is 3.15. The van der Waals surface area contributed by atoms with E-state index in [1.165, 1.54) is 0 Å². The van der Waals surface area contributed by atoms with E-state index < -0.39 is 0 Å². The van der Waals surface area contributed by atoms with Crippen molar-refractivity contribution in [2.24, 2.45) is 0 Å². The van der Waals surface area contributed by atoms with Crippen LogP contribution in [0.25, 0.3) is 0 Å². The molecule has 0 amide bonds. The number of nitrogens with zero attached hydrogens (tertiary/aromatic N) is 2. The number of terminal acetylenes is 1. The first-order chi connectivity index (χ1) is 5.72. The molecule has 62 valence electrons. The lowest BCUT2D eigenvalue weighted by Crippen LogP contribution is -2.09. The molecule has 0 bridgehead atoms. The highest BCUT2D eigenvalue weighted by Crippen LogP contribution is 2.07. The van der Waals surface area contributed by atoms with Crippen LogP contribution in [0.2, 0.25) is 0 Å². The van der Waals surface area contributed by atoms with Crippen molar-refractivity contribution in [2.45, 2.75) is 13.0 Å². The molecular weight excluding hydrogens is 154 g/mol. The minimum absolute atomic E-state index is 0.303. The predicted molar refractivity (Wildman–Crippen MR) is 45.4 cm³/mol. The summed E-state index contributed by atoms with van der Waals surface area (Å²) in [4.78, 5) is 0. The molecule has 1 aromatic rings. The highest BCUT2D eigenvalue weighted by Gasteiger charge is 2.00. The van der Waals surface area contributed by atoms with Gasteiger partial charge in [-0.15, -0.1) is 16.6 Å². The predicted octanol–water partition coefficient (Wildman–Crippen LogP) is 0.459. The Labute approximate surface area is 70.8 Å². The fourth-order valence-corrected chi connectivity index (χ4v) is 0.608. The van der Waals surface area contributed by atoms with Crippen LogP contribution in [-0.4, -0.2) is 16.3 Å². The summed E-state index contributed by atoms with van der Waals surface area (Å²) in [6.07, 6.45) is 4.80. The SMILES string of the molecule is C#CC(C)Oc1ccc(N)nn1. The van der Waals surface area contributed by atoms with Gasteiger partial charge in [-0.3, -0.25) is 0 Å². The molecule has 0 saturated heterocycles. The molecule has 1 atom stereocenters. The lowest BCUT2D eigenvalue weighted by Gasteiger charge is -2.05. The number of rotatable bonds is 2. The highest BCUT2D eigenvalue weighted by atomic mass is 16.5. The molecule has 4 nitrogen and oxygen atoms in total. The number of nitrogens with two attached hydrogens (primary N) is 1. The van der Waals surface area contributed by atoms with E-state index in [0.29, 0.717) is 11.7 Å². The number of hydrogen-bond acceptors (Lipinski definition) is 4. The lowest BCUT2D eigenvalue weighted by molar-refractivity contribution is 0.265. The minimum Gasteiger partial charge on any atom is -0.460 e. The van der Waals surface area contributed by atoms with Crippen LogP contribution in [0, 0.1) is 12.3 Å². The molecule has 0 aliphatic carbocycles. The Balaban J connectivity index is 2.66. The molecule has 0 aliphatic rings. The van der Waals surface area contributed by atoms with Gasteiger partial charge in [0.2, 0.25) is 5.88 Å². The number of nitrogen functional groups attached to an aromatic ring is 1. The second-order valence-electron chi connectivity index (χ2n) is 2.22. The van der Waals surface area contributed by atoms with Gasteiger partial charge in [0.15, 0.2) is 6.10 Å². The average molecular weight is 163 g/mol. The number of hydrogen-bond donors (Lipinski definition) is 1. The Morgan fingerprint density at radius 1 is 1.58 bits per heavy atom. The molecular formula is C8H9N3O. The topological polar surface area (TPSA) is 61.0 Å². The van der Waals surface area contributed by atoms with Gasteiger partial charge < -0.3 is 10.5 Å². The van der Waals surface area contributed by atoms with Gasteiger partial charge in [-0.25, -0.2) is 0 Å². The molecule has 0 fully saturated rings. The van der Waals surface area contributed by atoms with E-state index in [0.717, 1.165) is 0 Å². The smallest absolute Gasteiger partial charge is 0.234 e. The van der Waals surface area contributed by atoms with E-state index >= 15 is 0 Å². The van der Waals surface area contributed by atoms with Crippen LogP contribution in [0.4, 0.5) is 5.82 Å². The first-order valence-electron chi connectivity index (χ1n) is 3.44. The summed E-state index contributed by atoms with van der Waals surface area (Å²) < 4.78 is 5.15. The molecule has 1 rings (SSSR count). The number of ether oxygens (including phenoxy) is 1. The Kier molecular flexibility index (Phi) is 2.49. The first kappa shape index (κ1) is 8.34. The van der Waals surface area contributed by atoms with Gasteiger partial charge in [0.1, 0.15) is 5.82 Å². The molecule has 1 aromatic heterocycles. The quantitative estimate of drug-likeness (QED) is 0.643. The van der Waals surface area contributed by atoms with Crippen molar-refractivity contribution in [3.63, 3.8) is 0 Å². The second kappa shape index (κ2) is 3.58. The van der Waals surface area contributed by atoms with Crippen LogP contribution in [0.15, 0.2) is 12.1 Å². The summed E-state index contributed by atoms with van der Waals surface area (Å²) in [6.45, 7) is 1.75. The van der Waals surface area contributed by atoms with Crippen molar-refractivity contribution >= 4 is 5.82 Å². The van der Waals surface area contributed by atoms with Crippen LogP contribution in [0.5, 0.6) is 5.88 Å². The standard InChI is InChI=1S/C8H9N3O/c1-3-6(2)12-8-5-4-7(9)10-11-8/h1,4-6H,2H3,(H2,9,10). The van der Waals surface area contributed by atoms with Crippen molar-refractivity contribution in [1.82, 2.24) is 10.2 Å². The van der Waals surface area contributed by atoms with E-state index in [4.69, 9.17) is 16.9 Å². The molecule has 0 saturated carbocycles. The van der Waals surface area contributed by atoms with Crippen molar-refractivity contribution in [2.75, 3.05) is 5.73 Å². The van der Waals surface area contributed by atoms with Crippen LogP contribution in [0.3, 0.4) is 0 Å². The van der Waals surface area contributed by atoms with Gasteiger partial charge in [-0.2, -0.15) is 0 Å². The first-order valence-corrected chi connectivity index (χ1v) is 3.44. The van der Waals surface area contributed by atoms with Gasteiger partial charge in [-0.05, 0) is 13.0 Å². The van der Waals surface area contributed by atoms with Gasteiger partial charge >= 0.3 is 0 Å². The third-order valence-electron chi connectivity index (χ3n) is 1.19. The Morgan fingerprint density at radius 2 is 2.33 bits per heavy atom. The van der Waals surface area contributed by atoms with Crippen LogP contribution in [-0.2, 0) is 0 Å². The molecule has 0 aliphatic heterocycles. The Morgan fingerprint density at radius 3 is 2.83 bits per heavy atom. The zero-order valence-corrected chi connectivity index (χ0v) is 6.69. The maximum absolute atomic E-state index is 5.32. The summed E-state index contributed by atoms with van der Waals surface area (Å²) in [5.41, 5.74) is 5.32.